The number of ether oxygens (including phenoxy) is 1. The Morgan fingerprint density at radius 3 is 2.52 bits per heavy atom. The molecule has 3 aromatic carbocycles. The third-order valence-corrected chi connectivity index (χ3v) is 8.05. The molecule has 0 saturated heterocycles. The normalized spacial score (nSPS) is 26.9. The number of nitrogens with one attached hydrogen (secondary N) is 1. The number of nitro benzene ring substituents is 1. The van der Waals surface area contributed by atoms with E-state index in [0.717, 1.165) is 22.6 Å². The molecule has 2 aliphatic carbocycles. The summed E-state index contributed by atoms with van der Waals surface area (Å²) >= 11 is 0. The van der Waals surface area contributed by atoms with E-state index in [9.17, 15) is 10.1 Å². The van der Waals surface area contributed by atoms with Crippen molar-refractivity contribution in [3.63, 3.8) is 0 Å². The van der Waals surface area contributed by atoms with Crippen LogP contribution in [0, 0.1) is 34.8 Å². The fourth-order valence-corrected chi connectivity index (χ4v) is 6.54. The number of hydrogen-bond donors (Lipinski definition) is 1. The topological polar surface area (TPSA) is 64.4 Å². The van der Waals surface area contributed by atoms with Crippen LogP contribution in [0.4, 0.5) is 11.4 Å². The van der Waals surface area contributed by atoms with Gasteiger partial charge in [-0.25, -0.2) is 0 Å². The van der Waals surface area contributed by atoms with E-state index >= 15 is 0 Å². The molecule has 1 heterocycles. The zero-order valence-electron chi connectivity index (χ0n) is 18.7. The number of non-ortho nitro benzene ring substituents is 1. The molecule has 0 amide bonds. The predicted octanol–water partition coefficient (Wildman–Crippen LogP) is 6.78. The fraction of sp³-hybridized carbons (Fsp3) is 0.357. The minimum absolute atomic E-state index is 0.200. The Balaban J connectivity index is 1.25. The van der Waals surface area contributed by atoms with Gasteiger partial charge < -0.3 is 10.1 Å². The van der Waals surface area contributed by atoms with E-state index in [1.165, 1.54) is 30.4 Å². The van der Waals surface area contributed by atoms with Crippen LogP contribution < -0.4 is 10.1 Å². The van der Waals surface area contributed by atoms with Crippen LogP contribution in [-0.4, -0.2) is 4.92 Å². The molecule has 168 valence electrons. The first-order valence-electron chi connectivity index (χ1n) is 11.9. The number of nitro groups is 1. The molecule has 0 aromatic heterocycles. The van der Waals surface area contributed by atoms with Gasteiger partial charge in [0.25, 0.3) is 5.69 Å². The van der Waals surface area contributed by atoms with Crippen LogP contribution in [0.5, 0.6) is 5.75 Å². The number of rotatable bonds is 5. The third kappa shape index (κ3) is 3.56. The van der Waals surface area contributed by atoms with Gasteiger partial charge in [0.2, 0.25) is 0 Å². The van der Waals surface area contributed by atoms with Gasteiger partial charge in [0.05, 0.1) is 11.0 Å². The largest absolute Gasteiger partial charge is 0.489 e. The highest BCUT2D eigenvalue weighted by molar-refractivity contribution is 5.62. The maximum atomic E-state index is 11.4. The monoisotopic (exact) mass is 440 g/mol. The summed E-state index contributed by atoms with van der Waals surface area (Å²) < 4.78 is 6.02. The zero-order valence-corrected chi connectivity index (χ0v) is 18.7. The van der Waals surface area contributed by atoms with Gasteiger partial charge in [0.15, 0.2) is 0 Å². The van der Waals surface area contributed by atoms with Crippen LogP contribution >= 0.6 is 0 Å². The summed E-state index contributed by atoms with van der Waals surface area (Å²) in [6, 6.07) is 22.5. The summed E-state index contributed by atoms with van der Waals surface area (Å²) in [5.74, 6) is 3.08. The van der Waals surface area contributed by atoms with E-state index in [0.29, 0.717) is 30.3 Å². The summed E-state index contributed by atoms with van der Waals surface area (Å²) in [5.41, 5.74) is 6.08. The molecule has 5 heteroatoms. The van der Waals surface area contributed by atoms with Crippen molar-refractivity contribution < 1.29 is 9.66 Å². The smallest absolute Gasteiger partial charge is 0.269 e. The van der Waals surface area contributed by atoms with Crippen molar-refractivity contribution in [1.29, 1.82) is 0 Å². The molecule has 2 saturated carbocycles. The Hall–Kier alpha value is -3.34. The van der Waals surface area contributed by atoms with E-state index in [1.807, 2.05) is 12.1 Å². The van der Waals surface area contributed by atoms with Gasteiger partial charge in [0, 0.05) is 17.8 Å². The molecule has 1 N–H and O–H groups in total. The van der Waals surface area contributed by atoms with Crippen LogP contribution in [0.25, 0.3) is 0 Å². The average Bonchev–Trinajstić information content (AvgIpc) is 3.46. The Bertz CT molecular complexity index is 1190. The summed E-state index contributed by atoms with van der Waals surface area (Å²) in [7, 11) is 0. The lowest BCUT2D eigenvalue weighted by molar-refractivity contribution is -0.384. The summed E-state index contributed by atoms with van der Waals surface area (Å²) in [4.78, 5) is 11.1. The van der Waals surface area contributed by atoms with E-state index < -0.39 is 0 Å². The van der Waals surface area contributed by atoms with Gasteiger partial charge in [-0.2, -0.15) is 0 Å². The molecule has 2 bridgehead atoms. The van der Waals surface area contributed by atoms with Gasteiger partial charge in [-0.3, -0.25) is 10.1 Å². The maximum Gasteiger partial charge on any atom is 0.269 e. The maximum absolute atomic E-state index is 11.4. The molecule has 3 aliphatic rings. The van der Waals surface area contributed by atoms with Crippen molar-refractivity contribution in [2.24, 2.45) is 17.8 Å². The average molecular weight is 441 g/mol. The summed E-state index contributed by atoms with van der Waals surface area (Å²) in [5, 5.41) is 15.1. The second kappa shape index (κ2) is 7.91. The lowest BCUT2D eigenvalue weighted by atomic mass is 9.68. The van der Waals surface area contributed by atoms with Crippen molar-refractivity contribution in [2.45, 2.75) is 44.8 Å². The Kier molecular flexibility index (Phi) is 4.86. The zero-order chi connectivity index (χ0) is 22.5. The molecule has 5 atom stereocenters. The van der Waals surface area contributed by atoms with Gasteiger partial charge in [-0.1, -0.05) is 42.0 Å². The molecule has 0 unspecified atom stereocenters. The third-order valence-electron chi connectivity index (χ3n) is 8.05. The molecule has 6 rings (SSSR count). The minimum Gasteiger partial charge on any atom is -0.489 e. The molecular weight excluding hydrogens is 412 g/mol. The summed E-state index contributed by atoms with van der Waals surface area (Å²) in [6.07, 6.45) is 3.76. The highest BCUT2D eigenvalue weighted by Crippen LogP contribution is 2.63. The van der Waals surface area contributed by atoms with Crippen molar-refractivity contribution >= 4 is 11.4 Å². The second-order valence-corrected chi connectivity index (χ2v) is 9.93. The quantitative estimate of drug-likeness (QED) is 0.351. The number of nitrogens with zero attached hydrogens (tertiary/aromatic N) is 1. The van der Waals surface area contributed by atoms with Gasteiger partial charge >= 0.3 is 0 Å². The lowest BCUT2D eigenvalue weighted by Crippen LogP contribution is -2.35. The summed E-state index contributed by atoms with van der Waals surface area (Å²) in [6.45, 7) is 2.64. The van der Waals surface area contributed by atoms with Gasteiger partial charge in [0.1, 0.15) is 12.4 Å². The number of anilines is 1. The van der Waals surface area contributed by atoms with Gasteiger partial charge in [-0.15, -0.1) is 0 Å². The van der Waals surface area contributed by atoms with E-state index in [4.69, 9.17) is 4.74 Å². The van der Waals surface area contributed by atoms with Crippen LogP contribution in [0.3, 0.4) is 0 Å². The molecule has 5 nitrogen and oxygen atoms in total. The minimum atomic E-state index is -0.274. The molecule has 1 aliphatic heterocycles. The van der Waals surface area contributed by atoms with Crippen molar-refractivity contribution in [3.8, 4) is 5.75 Å². The van der Waals surface area contributed by atoms with Crippen LogP contribution in [0.2, 0.25) is 0 Å². The van der Waals surface area contributed by atoms with Crippen LogP contribution in [0.15, 0.2) is 66.7 Å². The lowest BCUT2D eigenvalue weighted by Gasteiger charge is -2.43. The molecule has 0 spiro atoms. The Morgan fingerprint density at radius 1 is 1.00 bits per heavy atom. The van der Waals surface area contributed by atoms with Gasteiger partial charge in [-0.05, 0) is 84.7 Å². The standard InChI is InChI=1S/C28H28N2O3/c1-17-2-4-18(5-3-17)16-33-23-11-8-19(9-12-23)28-27-21-7-6-20(14-21)26(27)24-15-22(30(31)32)10-13-25(24)29-28/h2-5,8-13,15,20-21,26-29H,6-7,14,16H2,1H3/t20-,21-,26-,27-,28-/m0/s1. The van der Waals surface area contributed by atoms with Crippen molar-refractivity contribution in [3.05, 3.63) is 99.1 Å². The molecule has 3 aromatic rings. The van der Waals surface area contributed by atoms with Crippen molar-refractivity contribution in [2.75, 3.05) is 5.32 Å². The first-order valence-corrected chi connectivity index (χ1v) is 11.9. The van der Waals surface area contributed by atoms with Crippen LogP contribution in [-0.2, 0) is 6.61 Å². The highest BCUT2D eigenvalue weighted by atomic mass is 16.6. The molecule has 0 radical (unpaired) electrons. The van der Waals surface area contributed by atoms with E-state index in [-0.39, 0.29) is 16.7 Å². The number of benzene rings is 3. The number of hydrogen-bond acceptors (Lipinski definition) is 4. The Labute approximate surface area is 193 Å². The van der Waals surface area contributed by atoms with E-state index in [1.54, 1.807) is 6.07 Å². The Morgan fingerprint density at radius 2 is 1.76 bits per heavy atom. The number of aryl methyl sites for hydroxylation is 1. The highest BCUT2D eigenvalue weighted by Gasteiger charge is 2.54. The van der Waals surface area contributed by atoms with E-state index in [2.05, 4.69) is 60.8 Å². The van der Waals surface area contributed by atoms with Crippen LogP contribution in [0.1, 0.15) is 53.5 Å². The fourth-order valence-electron chi connectivity index (χ4n) is 6.54. The molecular formula is C28H28N2O3. The SMILES string of the molecule is Cc1ccc(COc2ccc([C@@H]3Nc4ccc([N+](=O)[O-])cc4[C@@H]4[C@H]5CC[C@@H](C5)[C@@H]43)cc2)cc1. The second-order valence-electron chi connectivity index (χ2n) is 9.93. The number of fused-ring (bicyclic) bond motifs is 7. The first-order chi connectivity index (χ1) is 16.1. The van der Waals surface area contributed by atoms with Crippen molar-refractivity contribution in [1.82, 2.24) is 0 Å². The molecule has 33 heavy (non-hydrogen) atoms. The first kappa shape index (κ1) is 20.3. The predicted molar refractivity (Wildman–Crippen MR) is 128 cm³/mol. The molecule has 2 fully saturated rings.